The normalized spacial score (nSPS) is 18.8. The van der Waals surface area contributed by atoms with Gasteiger partial charge >= 0.3 is 6.03 Å². The molecule has 0 unspecified atom stereocenters. The second kappa shape index (κ2) is 4.83. The zero-order valence-corrected chi connectivity index (χ0v) is 12.8. The molecule has 1 aromatic carbocycles. The van der Waals surface area contributed by atoms with E-state index >= 15 is 0 Å². The van der Waals surface area contributed by atoms with Gasteiger partial charge in [-0.2, -0.15) is 0 Å². The van der Waals surface area contributed by atoms with Crippen LogP contribution in [0.1, 0.15) is 39.2 Å². The molecule has 1 saturated carbocycles. The maximum atomic E-state index is 12.1. The molecule has 2 N–H and O–H groups in total. The minimum absolute atomic E-state index is 0.130. The van der Waals surface area contributed by atoms with Gasteiger partial charge in [0.25, 0.3) is 0 Å². The highest BCUT2D eigenvalue weighted by Gasteiger charge is 2.46. The van der Waals surface area contributed by atoms with Crippen molar-refractivity contribution in [3.8, 4) is 11.5 Å². The quantitative estimate of drug-likeness (QED) is 0.880. The molecule has 0 saturated heterocycles. The first-order valence-corrected chi connectivity index (χ1v) is 7.38. The van der Waals surface area contributed by atoms with Crippen LogP contribution >= 0.6 is 0 Å². The van der Waals surface area contributed by atoms with Crippen LogP contribution in [0.3, 0.4) is 0 Å². The summed E-state index contributed by atoms with van der Waals surface area (Å²) >= 11 is 0. The summed E-state index contributed by atoms with van der Waals surface area (Å²) in [5.74, 6) is 1.54. The number of fused-ring (bicyclic) bond motifs is 1. The summed E-state index contributed by atoms with van der Waals surface area (Å²) in [5.41, 5.74) is 0.578. The third-order valence-corrected chi connectivity index (χ3v) is 3.69. The van der Waals surface area contributed by atoms with Crippen molar-refractivity contribution in [3.05, 3.63) is 23.8 Å². The van der Waals surface area contributed by atoms with E-state index < -0.39 is 0 Å². The van der Waals surface area contributed by atoms with Crippen molar-refractivity contribution in [2.24, 2.45) is 0 Å². The molecule has 2 amide bonds. The summed E-state index contributed by atoms with van der Waals surface area (Å²) in [6.45, 7) is 7.06. The summed E-state index contributed by atoms with van der Waals surface area (Å²) in [6, 6.07) is 5.79. The third-order valence-electron chi connectivity index (χ3n) is 3.69. The molecular formula is C16H22N2O3. The standard InChI is InChI=1S/C16H22N2O3/c1-15(2,3)17-14(19)18-16(6-7-16)11-4-5-12-13(10-11)21-9-8-20-12/h4-5,10H,6-9H2,1-3H3,(H2,17,18,19). The zero-order valence-electron chi connectivity index (χ0n) is 12.8. The van der Waals surface area contributed by atoms with Gasteiger partial charge in [-0.1, -0.05) is 6.07 Å². The molecule has 0 atom stereocenters. The van der Waals surface area contributed by atoms with Crippen molar-refractivity contribution in [2.75, 3.05) is 13.2 Å². The highest BCUT2D eigenvalue weighted by molar-refractivity contribution is 5.76. The Morgan fingerprint density at radius 3 is 2.43 bits per heavy atom. The van der Waals surface area contributed by atoms with Crippen LogP contribution in [-0.4, -0.2) is 24.8 Å². The maximum Gasteiger partial charge on any atom is 0.315 e. The van der Waals surface area contributed by atoms with Gasteiger partial charge in [0.15, 0.2) is 11.5 Å². The van der Waals surface area contributed by atoms with Crippen molar-refractivity contribution >= 4 is 6.03 Å². The molecule has 1 heterocycles. The van der Waals surface area contributed by atoms with E-state index in [1.807, 2.05) is 39.0 Å². The molecule has 0 bridgehead atoms. The van der Waals surface area contributed by atoms with E-state index in [1.165, 1.54) is 0 Å². The van der Waals surface area contributed by atoms with Gasteiger partial charge in [-0.3, -0.25) is 0 Å². The zero-order chi connectivity index (χ0) is 15.1. The summed E-state index contributed by atoms with van der Waals surface area (Å²) < 4.78 is 11.2. The van der Waals surface area contributed by atoms with Crippen molar-refractivity contribution in [2.45, 2.75) is 44.7 Å². The fraction of sp³-hybridized carbons (Fsp3) is 0.562. The number of ether oxygens (including phenoxy) is 2. The van der Waals surface area contributed by atoms with Gasteiger partial charge in [0.05, 0.1) is 5.54 Å². The van der Waals surface area contributed by atoms with E-state index in [0.29, 0.717) is 13.2 Å². The third kappa shape index (κ3) is 3.06. The topological polar surface area (TPSA) is 59.6 Å². The average molecular weight is 290 g/mol. The Morgan fingerprint density at radius 2 is 1.81 bits per heavy atom. The van der Waals surface area contributed by atoms with E-state index in [-0.39, 0.29) is 17.1 Å². The lowest BCUT2D eigenvalue weighted by atomic mass is 10.0. The molecule has 114 valence electrons. The number of carbonyl (C=O) groups excluding carboxylic acids is 1. The average Bonchev–Trinajstić information content (AvgIpc) is 3.16. The summed E-state index contributed by atoms with van der Waals surface area (Å²) in [7, 11) is 0. The maximum absolute atomic E-state index is 12.1. The highest BCUT2D eigenvalue weighted by Crippen LogP contribution is 2.47. The molecule has 1 aromatic rings. The van der Waals surface area contributed by atoms with Gasteiger partial charge < -0.3 is 20.1 Å². The molecule has 5 heteroatoms. The van der Waals surface area contributed by atoms with Gasteiger partial charge in [0.1, 0.15) is 13.2 Å². The summed E-state index contributed by atoms with van der Waals surface area (Å²) in [6.07, 6.45) is 1.90. The number of hydrogen-bond donors (Lipinski definition) is 2. The van der Waals surface area contributed by atoms with Crippen LogP contribution < -0.4 is 20.1 Å². The summed E-state index contributed by atoms with van der Waals surface area (Å²) in [4.78, 5) is 12.1. The van der Waals surface area contributed by atoms with Gasteiger partial charge in [-0.05, 0) is 51.3 Å². The van der Waals surface area contributed by atoms with Gasteiger partial charge in [-0.15, -0.1) is 0 Å². The fourth-order valence-corrected chi connectivity index (χ4v) is 2.54. The van der Waals surface area contributed by atoms with Crippen molar-refractivity contribution in [1.82, 2.24) is 10.6 Å². The molecule has 5 nitrogen and oxygen atoms in total. The largest absolute Gasteiger partial charge is 0.486 e. The van der Waals surface area contributed by atoms with Gasteiger partial charge in [0, 0.05) is 5.54 Å². The molecular weight excluding hydrogens is 268 g/mol. The van der Waals surface area contributed by atoms with Crippen molar-refractivity contribution < 1.29 is 14.3 Å². The molecule has 0 spiro atoms. The Kier molecular flexibility index (Phi) is 3.23. The molecule has 21 heavy (non-hydrogen) atoms. The molecule has 2 aliphatic rings. The first kappa shape index (κ1) is 14.0. The number of benzene rings is 1. The number of urea groups is 1. The Balaban J connectivity index is 1.75. The smallest absolute Gasteiger partial charge is 0.315 e. The van der Waals surface area contributed by atoms with Crippen LogP contribution in [0.4, 0.5) is 4.79 Å². The SMILES string of the molecule is CC(C)(C)NC(=O)NC1(c2ccc3c(c2)OCCO3)CC1. The number of hydrogen-bond acceptors (Lipinski definition) is 3. The van der Waals surface area contributed by atoms with E-state index in [9.17, 15) is 4.79 Å². The van der Waals surface area contributed by atoms with E-state index in [2.05, 4.69) is 10.6 Å². The van der Waals surface area contributed by atoms with Gasteiger partial charge in [0.2, 0.25) is 0 Å². The lowest BCUT2D eigenvalue weighted by molar-refractivity contribution is 0.171. The van der Waals surface area contributed by atoms with Crippen molar-refractivity contribution in [1.29, 1.82) is 0 Å². The predicted octanol–water partition coefficient (Wildman–Crippen LogP) is 2.54. The molecule has 3 rings (SSSR count). The minimum Gasteiger partial charge on any atom is -0.486 e. The number of nitrogens with one attached hydrogen (secondary N) is 2. The van der Waals surface area contributed by atoms with E-state index in [0.717, 1.165) is 29.9 Å². The molecule has 1 aliphatic carbocycles. The number of amides is 2. The predicted molar refractivity (Wildman–Crippen MR) is 79.8 cm³/mol. The van der Waals surface area contributed by atoms with E-state index in [1.54, 1.807) is 0 Å². The number of carbonyl (C=O) groups is 1. The van der Waals surface area contributed by atoms with Crippen LogP contribution in [0, 0.1) is 0 Å². The van der Waals surface area contributed by atoms with Crippen molar-refractivity contribution in [3.63, 3.8) is 0 Å². The van der Waals surface area contributed by atoms with Crippen LogP contribution in [0.25, 0.3) is 0 Å². The molecule has 0 radical (unpaired) electrons. The Hall–Kier alpha value is -1.91. The Morgan fingerprint density at radius 1 is 1.14 bits per heavy atom. The fourth-order valence-electron chi connectivity index (χ4n) is 2.54. The second-order valence-corrected chi connectivity index (χ2v) is 6.77. The van der Waals surface area contributed by atoms with E-state index in [4.69, 9.17) is 9.47 Å². The first-order chi connectivity index (χ1) is 9.88. The van der Waals surface area contributed by atoms with Crippen LogP contribution in [0.5, 0.6) is 11.5 Å². The monoisotopic (exact) mass is 290 g/mol. The minimum atomic E-state index is -0.259. The summed E-state index contributed by atoms with van der Waals surface area (Å²) in [5, 5.41) is 6.04. The Labute approximate surface area is 125 Å². The second-order valence-electron chi connectivity index (χ2n) is 6.77. The molecule has 1 aliphatic heterocycles. The van der Waals surface area contributed by atoms with Crippen LogP contribution in [0.15, 0.2) is 18.2 Å². The lowest BCUT2D eigenvalue weighted by Crippen LogP contribution is -2.49. The lowest BCUT2D eigenvalue weighted by Gasteiger charge is -2.26. The molecule has 0 aromatic heterocycles. The molecule has 1 fully saturated rings. The first-order valence-electron chi connectivity index (χ1n) is 7.38. The Bertz CT molecular complexity index is 559. The van der Waals surface area contributed by atoms with Gasteiger partial charge in [-0.25, -0.2) is 4.79 Å². The van der Waals surface area contributed by atoms with Crippen LogP contribution in [-0.2, 0) is 5.54 Å². The van der Waals surface area contributed by atoms with Crippen LogP contribution in [0.2, 0.25) is 0 Å². The number of rotatable bonds is 2. The highest BCUT2D eigenvalue weighted by atomic mass is 16.6.